The number of Topliss-reactive ketones (excluding diaryl/α,β-unsaturated/α-hetero) is 1. The molecule has 1 rings (SSSR count). The van der Waals surface area contributed by atoms with Crippen molar-refractivity contribution >= 4 is 12.0 Å². The molecule has 0 aliphatic carbocycles. The number of rotatable bonds is 3. The Balaban J connectivity index is 3.19. The number of hydrogen-bond donors (Lipinski definition) is 0. The lowest BCUT2D eigenvalue weighted by Gasteiger charge is -2.07. The van der Waals surface area contributed by atoms with Crippen LogP contribution < -0.4 is 0 Å². The summed E-state index contributed by atoms with van der Waals surface area (Å²) in [5, 5.41) is 0. The van der Waals surface area contributed by atoms with Crippen LogP contribution in [0.5, 0.6) is 0 Å². The maximum atomic E-state index is 12.2. The van der Waals surface area contributed by atoms with Gasteiger partial charge in [-0.2, -0.15) is 0 Å². The normalized spacial score (nSPS) is 12.1. The molecule has 0 aliphatic rings. The zero-order valence-corrected chi connectivity index (χ0v) is 10.2. The molecule has 0 aromatic heterocycles. The molecule has 1 aromatic carbocycles. The van der Waals surface area contributed by atoms with Crippen molar-refractivity contribution in [3.63, 3.8) is 0 Å². The fraction of sp³-hybridized carbons (Fsp3) is 0.286. The van der Waals surface area contributed by atoms with E-state index in [1.807, 2.05) is 39.0 Å². The summed E-state index contributed by atoms with van der Waals surface area (Å²) in [6, 6.07) is 5.75. The van der Waals surface area contributed by atoms with Crippen molar-refractivity contribution in [3.05, 3.63) is 46.7 Å². The predicted octanol–water partition coefficient (Wildman–Crippen LogP) is 3.48. The first kappa shape index (κ1) is 12.4. The predicted molar refractivity (Wildman–Crippen MR) is 68.2 cm³/mol. The standard InChI is InChI=1S/C14H17NO/c1-5-13(15-6-2)14(16)12-9-7-8-10(3)11(12)4/h5-9H,1-4H3/b13-5-,15-6?. The van der Waals surface area contributed by atoms with Crippen molar-refractivity contribution in [2.24, 2.45) is 4.99 Å². The average molecular weight is 215 g/mol. The number of carbonyl (C=O) groups excluding carboxylic acids is 1. The molecule has 0 atom stereocenters. The van der Waals surface area contributed by atoms with Crippen LogP contribution in [0, 0.1) is 13.8 Å². The molecular formula is C14H17NO. The minimum absolute atomic E-state index is 0.0122. The van der Waals surface area contributed by atoms with Crippen molar-refractivity contribution in [2.75, 3.05) is 0 Å². The molecule has 16 heavy (non-hydrogen) atoms. The third-order valence-corrected chi connectivity index (χ3v) is 2.62. The smallest absolute Gasteiger partial charge is 0.211 e. The summed E-state index contributed by atoms with van der Waals surface area (Å²) < 4.78 is 0. The van der Waals surface area contributed by atoms with Gasteiger partial charge in [0.2, 0.25) is 5.78 Å². The summed E-state index contributed by atoms with van der Waals surface area (Å²) in [5.41, 5.74) is 3.38. The zero-order chi connectivity index (χ0) is 12.1. The van der Waals surface area contributed by atoms with Gasteiger partial charge in [-0.25, -0.2) is 0 Å². The van der Waals surface area contributed by atoms with Gasteiger partial charge in [0.1, 0.15) is 5.70 Å². The highest BCUT2D eigenvalue weighted by Gasteiger charge is 2.13. The molecule has 0 heterocycles. The second-order valence-electron chi connectivity index (χ2n) is 3.64. The second kappa shape index (κ2) is 5.40. The Hall–Kier alpha value is -1.70. The van der Waals surface area contributed by atoms with Crippen molar-refractivity contribution in [1.29, 1.82) is 0 Å². The summed E-state index contributed by atoms with van der Waals surface area (Å²) in [7, 11) is 0. The second-order valence-corrected chi connectivity index (χ2v) is 3.64. The highest BCUT2D eigenvalue weighted by molar-refractivity contribution is 6.10. The molecular weight excluding hydrogens is 198 g/mol. The molecule has 0 saturated carbocycles. The first-order chi connectivity index (χ1) is 7.61. The lowest BCUT2D eigenvalue weighted by molar-refractivity contribution is 0.103. The van der Waals surface area contributed by atoms with Gasteiger partial charge in [-0.1, -0.05) is 24.3 Å². The fourth-order valence-corrected chi connectivity index (χ4v) is 1.54. The Labute approximate surface area is 96.7 Å². The van der Waals surface area contributed by atoms with Crippen molar-refractivity contribution < 1.29 is 4.79 Å². The molecule has 0 spiro atoms. The molecule has 0 amide bonds. The van der Waals surface area contributed by atoms with E-state index in [0.29, 0.717) is 5.70 Å². The molecule has 0 aliphatic heterocycles. The van der Waals surface area contributed by atoms with Crippen molar-refractivity contribution in [2.45, 2.75) is 27.7 Å². The number of benzene rings is 1. The van der Waals surface area contributed by atoms with E-state index in [-0.39, 0.29) is 5.78 Å². The Morgan fingerprint density at radius 1 is 1.25 bits per heavy atom. The van der Waals surface area contributed by atoms with E-state index in [9.17, 15) is 4.79 Å². The van der Waals surface area contributed by atoms with Crippen LogP contribution >= 0.6 is 0 Å². The van der Waals surface area contributed by atoms with Crippen LogP contribution in [0.2, 0.25) is 0 Å². The summed E-state index contributed by atoms with van der Waals surface area (Å²) >= 11 is 0. The first-order valence-electron chi connectivity index (χ1n) is 5.37. The Bertz CT molecular complexity index is 456. The maximum absolute atomic E-state index is 12.2. The van der Waals surface area contributed by atoms with Gasteiger partial charge in [-0.05, 0) is 38.8 Å². The van der Waals surface area contributed by atoms with Crippen LogP contribution in [0.3, 0.4) is 0 Å². The van der Waals surface area contributed by atoms with Crippen LogP contribution in [0.15, 0.2) is 35.0 Å². The fourth-order valence-electron chi connectivity index (χ4n) is 1.54. The minimum Gasteiger partial charge on any atom is -0.287 e. The largest absolute Gasteiger partial charge is 0.287 e. The van der Waals surface area contributed by atoms with E-state index < -0.39 is 0 Å². The number of nitrogens with zero attached hydrogens (tertiary/aromatic N) is 1. The number of aliphatic imine (C=N–C) groups is 1. The van der Waals surface area contributed by atoms with Gasteiger partial charge < -0.3 is 0 Å². The lowest BCUT2D eigenvalue weighted by atomic mass is 9.99. The minimum atomic E-state index is -0.0122. The van der Waals surface area contributed by atoms with Gasteiger partial charge in [0.25, 0.3) is 0 Å². The number of carbonyl (C=O) groups is 1. The molecule has 0 saturated heterocycles. The number of allylic oxidation sites excluding steroid dienone is 2. The van der Waals surface area contributed by atoms with Crippen molar-refractivity contribution in [1.82, 2.24) is 0 Å². The Morgan fingerprint density at radius 3 is 2.50 bits per heavy atom. The highest BCUT2D eigenvalue weighted by Crippen LogP contribution is 2.17. The lowest BCUT2D eigenvalue weighted by Crippen LogP contribution is -2.05. The van der Waals surface area contributed by atoms with Gasteiger partial charge in [-0.3, -0.25) is 9.79 Å². The SMILES string of the molecule is CC=N/C(=C\C)C(=O)c1cccc(C)c1C. The Morgan fingerprint density at radius 2 is 1.94 bits per heavy atom. The van der Waals surface area contributed by atoms with Crippen LogP contribution in [0.1, 0.15) is 35.3 Å². The number of aryl methyl sites for hydroxylation is 1. The maximum Gasteiger partial charge on any atom is 0.211 e. The van der Waals surface area contributed by atoms with E-state index in [1.165, 1.54) is 0 Å². The summed E-state index contributed by atoms with van der Waals surface area (Å²) in [5.74, 6) is -0.0122. The average Bonchev–Trinajstić information content (AvgIpc) is 2.29. The van der Waals surface area contributed by atoms with Crippen LogP contribution in [-0.4, -0.2) is 12.0 Å². The topological polar surface area (TPSA) is 29.4 Å². The summed E-state index contributed by atoms with van der Waals surface area (Å²) in [6.45, 7) is 7.60. The van der Waals surface area contributed by atoms with Gasteiger partial charge in [0.15, 0.2) is 0 Å². The van der Waals surface area contributed by atoms with E-state index >= 15 is 0 Å². The molecule has 2 nitrogen and oxygen atoms in total. The number of hydrogen-bond acceptors (Lipinski definition) is 2. The molecule has 0 radical (unpaired) electrons. The van der Waals surface area contributed by atoms with Gasteiger partial charge in [0.05, 0.1) is 0 Å². The monoisotopic (exact) mass is 215 g/mol. The molecule has 0 fully saturated rings. The quantitative estimate of drug-likeness (QED) is 0.431. The Kier molecular flexibility index (Phi) is 4.18. The molecule has 1 aromatic rings. The highest BCUT2D eigenvalue weighted by atomic mass is 16.1. The molecule has 0 N–H and O–H groups in total. The third kappa shape index (κ3) is 2.45. The zero-order valence-electron chi connectivity index (χ0n) is 10.2. The van der Waals surface area contributed by atoms with Gasteiger partial charge in [0, 0.05) is 11.8 Å². The van der Waals surface area contributed by atoms with Crippen LogP contribution in [0.4, 0.5) is 0 Å². The van der Waals surface area contributed by atoms with Gasteiger partial charge >= 0.3 is 0 Å². The molecule has 0 bridgehead atoms. The van der Waals surface area contributed by atoms with E-state index in [4.69, 9.17) is 0 Å². The van der Waals surface area contributed by atoms with Gasteiger partial charge in [-0.15, -0.1) is 0 Å². The van der Waals surface area contributed by atoms with Crippen LogP contribution in [0.25, 0.3) is 0 Å². The molecule has 84 valence electrons. The summed E-state index contributed by atoms with van der Waals surface area (Å²) in [6.07, 6.45) is 3.38. The number of ketones is 1. The van der Waals surface area contributed by atoms with Crippen molar-refractivity contribution in [3.8, 4) is 0 Å². The van der Waals surface area contributed by atoms with E-state index in [2.05, 4.69) is 4.99 Å². The van der Waals surface area contributed by atoms with Crippen LogP contribution in [-0.2, 0) is 0 Å². The third-order valence-electron chi connectivity index (χ3n) is 2.62. The first-order valence-corrected chi connectivity index (χ1v) is 5.37. The molecule has 2 heteroatoms. The van der Waals surface area contributed by atoms with E-state index in [0.717, 1.165) is 16.7 Å². The van der Waals surface area contributed by atoms with E-state index in [1.54, 1.807) is 19.2 Å². The molecule has 0 unspecified atom stereocenters. The summed E-state index contributed by atoms with van der Waals surface area (Å²) in [4.78, 5) is 16.2.